The molecular formula is C15H18ClN5O. The lowest BCUT2D eigenvalue weighted by molar-refractivity contribution is -0.124. The third-order valence-electron chi connectivity index (χ3n) is 4.15. The van der Waals surface area contributed by atoms with E-state index in [1.54, 1.807) is 24.1 Å². The number of anilines is 1. The predicted octanol–water partition coefficient (Wildman–Crippen LogP) is 1.43. The first kappa shape index (κ1) is 14.8. The molecule has 2 aromatic rings. The topological polar surface area (TPSA) is 63.1 Å². The fraction of sp³-hybridized carbons (Fsp3) is 0.400. The van der Waals surface area contributed by atoms with Crippen molar-refractivity contribution in [3.8, 4) is 0 Å². The van der Waals surface area contributed by atoms with Crippen LogP contribution in [0, 0.1) is 5.92 Å². The van der Waals surface area contributed by atoms with Gasteiger partial charge in [-0.3, -0.25) is 14.5 Å². The fourth-order valence-corrected chi connectivity index (χ4v) is 3.28. The molecule has 3 rings (SSSR count). The maximum Gasteiger partial charge on any atom is 0.225 e. The number of hydrogen-bond acceptors (Lipinski definition) is 4. The molecule has 2 atom stereocenters. The zero-order valence-corrected chi connectivity index (χ0v) is 13.3. The van der Waals surface area contributed by atoms with Gasteiger partial charge in [0.25, 0.3) is 0 Å². The van der Waals surface area contributed by atoms with Crippen LogP contribution in [0.2, 0.25) is 5.02 Å². The molecule has 1 amide bonds. The van der Waals surface area contributed by atoms with Gasteiger partial charge in [-0.2, -0.15) is 5.10 Å². The largest absolute Gasteiger partial charge is 0.369 e. The minimum atomic E-state index is -0.126. The Morgan fingerprint density at radius 1 is 1.41 bits per heavy atom. The van der Waals surface area contributed by atoms with Crippen molar-refractivity contribution in [3.05, 3.63) is 41.4 Å². The van der Waals surface area contributed by atoms with Crippen molar-refractivity contribution in [2.24, 2.45) is 13.0 Å². The highest BCUT2D eigenvalue weighted by Crippen LogP contribution is 2.37. The maximum atomic E-state index is 12.3. The number of carbonyl (C=O) groups is 1. The van der Waals surface area contributed by atoms with Crippen LogP contribution in [0.4, 0.5) is 5.69 Å². The number of nitrogens with one attached hydrogen (secondary N) is 1. The van der Waals surface area contributed by atoms with Crippen LogP contribution in [0.15, 0.2) is 30.9 Å². The lowest BCUT2D eigenvalue weighted by Crippen LogP contribution is -2.32. The molecule has 0 spiro atoms. The van der Waals surface area contributed by atoms with E-state index in [-0.39, 0.29) is 17.7 Å². The summed E-state index contributed by atoms with van der Waals surface area (Å²) in [5, 5.41) is 7.59. The number of aromatic nitrogens is 3. The molecule has 1 saturated heterocycles. The molecule has 0 unspecified atom stereocenters. The quantitative estimate of drug-likeness (QED) is 0.929. The smallest absolute Gasteiger partial charge is 0.225 e. The molecule has 7 heteroatoms. The first-order valence-corrected chi connectivity index (χ1v) is 7.52. The number of halogens is 1. The van der Waals surface area contributed by atoms with E-state index in [0.717, 1.165) is 17.8 Å². The van der Waals surface area contributed by atoms with Crippen LogP contribution in [0.5, 0.6) is 0 Å². The first-order valence-electron chi connectivity index (χ1n) is 7.14. The van der Waals surface area contributed by atoms with E-state index >= 15 is 0 Å². The number of rotatable bonds is 3. The molecule has 1 fully saturated rings. The van der Waals surface area contributed by atoms with Crippen molar-refractivity contribution in [1.82, 2.24) is 20.1 Å². The van der Waals surface area contributed by atoms with E-state index < -0.39 is 0 Å². The molecule has 3 heterocycles. The Balaban J connectivity index is 1.92. The van der Waals surface area contributed by atoms with E-state index in [1.807, 2.05) is 25.5 Å². The average Bonchev–Trinajstić information content (AvgIpc) is 3.13. The molecule has 1 aliphatic rings. The van der Waals surface area contributed by atoms with Crippen LogP contribution in [0.1, 0.15) is 11.5 Å². The Morgan fingerprint density at radius 2 is 2.23 bits per heavy atom. The van der Waals surface area contributed by atoms with Crippen molar-refractivity contribution in [1.29, 1.82) is 0 Å². The standard InChI is InChI=1S/C15H18ClN5O/c1-17-15(22)12-9-21(14-3-4-18-6-13(14)16)8-11(12)10-5-19-20(2)7-10/h3-7,11-12H,8-9H2,1-2H3,(H,17,22)/t11-,12+/m1/s1. The third kappa shape index (κ3) is 2.66. The van der Waals surface area contributed by atoms with Gasteiger partial charge in [0.05, 0.1) is 22.8 Å². The van der Waals surface area contributed by atoms with Crippen LogP contribution < -0.4 is 10.2 Å². The van der Waals surface area contributed by atoms with Crippen molar-refractivity contribution in [3.63, 3.8) is 0 Å². The van der Waals surface area contributed by atoms with Crippen molar-refractivity contribution in [2.45, 2.75) is 5.92 Å². The van der Waals surface area contributed by atoms with Crippen LogP contribution in [-0.2, 0) is 11.8 Å². The molecule has 22 heavy (non-hydrogen) atoms. The first-order chi connectivity index (χ1) is 10.6. The van der Waals surface area contributed by atoms with Crippen LogP contribution in [0.25, 0.3) is 0 Å². The number of pyridine rings is 1. The molecule has 1 N–H and O–H groups in total. The summed E-state index contributed by atoms with van der Waals surface area (Å²) in [6.07, 6.45) is 7.15. The second-order valence-corrected chi connectivity index (χ2v) is 5.91. The Morgan fingerprint density at radius 3 is 2.86 bits per heavy atom. The number of amides is 1. The molecule has 0 saturated carbocycles. The number of hydrogen-bond donors (Lipinski definition) is 1. The van der Waals surface area contributed by atoms with Crippen molar-refractivity contribution < 1.29 is 4.79 Å². The zero-order valence-electron chi connectivity index (χ0n) is 12.5. The Hall–Kier alpha value is -2.08. The van der Waals surface area contributed by atoms with Crippen LogP contribution in [-0.4, -0.2) is 40.8 Å². The fourth-order valence-electron chi connectivity index (χ4n) is 3.05. The van der Waals surface area contributed by atoms with Gasteiger partial charge in [-0.1, -0.05) is 11.6 Å². The zero-order chi connectivity index (χ0) is 15.7. The highest BCUT2D eigenvalue weighted by Gasteiger charge is 2.39. The van der Waals surface area contributed by atoms with Crippen molar-refractivity contribution in [2.75, 3.05) is 25.0 Å². The van der Waals surface area contributed by atoms with E-state index in [0.29, 0.717) is 11.6 Å². The summed E-state index contributed by atoms with van der Waals surface area (Å²) in [5.41, 5.74) is 1.99. The molecule has 2 aromatic heterocycles. The van der Waals surface area contributed by atoms with Gasteiger partial charge in [-0.15, -0.1) is 0 Å². The van der Waals surface area contributed by atoms with Crippen molar-refractivity contribution >= 4 is 23.2 Å². The molecule has 0 bridgehead atoms. The summed E-state index contributed by atoms with van der Waals surface area (Å²) in [4.78, 5) is 18.4. The van der Waals surface area contributed by atoms with Gasteiger partial charge in [0.15, 0.2) is 0 Å². The predicted molar refractivity (Wildman–Crippen MR) is 85.0 cm³/mol. The van der Waals surface area contributed by atoms with Gasteiger partial charge in [0, 0.05) is 51.7 Å². The number of aryl methyl sites for hydroxylation is 1. The van der Waals surface area contributed by atoms with E-state index in [1.165, 1.54) is 0 Å². The lowest BCUT2D eigenvalue weighted by atomic mass is 9.90. The second kappa shape index (κ2) is 5.96. The van der Waals surface area contributed by atoms with Gasteiger partial charge in [-0.05, 0) is 11.6 Å². The summed E-state index contributed by atoms with van der Waals surface area (Å²) in [5.74, 6) is 0.0119. The molecular weight excluding hydrogens is 302 g/mol. The highest BCUT2D eigenvalue weighted by atomic mass is 35.5. The third-order valence-corrected chi connectivity index (χ3v) is 4.44. The molecule has 0 radical (unpaired) electrons. The van der Waals surface area contributed by atoms with Crippen LogP contribution in [0.3, 0.4) is 0 Å². The minimum absolute atomic E-state index is 0.0431. The number of nitrogens with zero attached hydrogens (tertiary/aromatic N) is 4. The van der Waals surface area contributed by atoms with Gasteiger partial charge in [0.1, 0.15) is 0 Å². The van der Waals surface area contributed by atoms with Gasteiger partial charge in [0.2, 0.25) is 5.91 Å². The van der Waals surface area contributed by atoms with Gasteiger partial charge in [-0.25, -0.2) is 0 Å². The number of carbonyl (C=O) groups excluding carboxylic acids is 1. The van der Waals surface area contributed by atoms with Crippen LogP contribution >= 0.6 is 11.6 Å². The Bertz CT molecular complexity index is 686. The molecule has 116 valence electrons. The monoisotopic (exact) mass is 319 g/mol. The molecule has 1 aliphatic heterocycles. The van der Waals surface area contributed by atoms with E-state index in [2.05, 4.69) is 20.3 Å². The van der Waals surface area contributed by atoms with E-state index in [9.17, 15) is 4.79 Å². The van der Waals surface area contributed by atoms with Gasteiger partial charge >= 0.3 is 0 Å². The van der Waals surface area contributed by atoms with Gasteiger partial charge < -0.3 is 10.2 Å². The SMILES string of the molecule is CNC(=O)[C@H]1CN(c2ccncc2Cl)C[C@@H]1c1cnn(C)c1. The average molecular weight is 320 g/mol. The molecule has 6 nitrogen and oxygen atoms in total. The molecule has 0 aliphatic carbocycles. The van der Waals surface area contributed by atoms with E-state index in [4.69, 9.17) is 11.6 Å². The summed E-state index contributed by atoms with van der Waals surface area (Å²) in [6, 6.07) is 1.88. The Kier molecular flexibility index (Phi) is 4.02. The molecule has 0 aromatic carbocycles. The summed E-state index contributed by atoms with van der Waals surface area (Å²) >= 11 is 6.24. The summed E-state index contributed by atoms with van der Waals surface area (Å²) in [6.45, 7) is 1.36. The summed E-state index contributed by atoms with van der Waals surface area (Å²) in [7, 11) is 3.55. The summed E-state index contributed by atoms with van der Waals surface area (Å²) < 4.78 is 1.76. The minimum Gasteiger partial charge on any atom is -0.369 e. The second-order valence-electron chi connectivity index (χ2n) is 5.51. The maximum absolute atomic E-state index is 12.3. The normalized spacial score (nSPS) is 21.1. The lowest BCUT2D eigenvalue weighted by Gasteiger charge is -2.19. The highest BCUT2D eigenvalue weighted by molar-refractivity contribution is 6.33. The Labute approximate surface area is 134 Å².